The number of carbonyl (C=O) groups excluding carboxylic acids is 1. The number of aryl methyl sites for hydroxylation is 2. The number of hydrogen-bond donors (Lipinski definition) is 1. The molecule has 1 aliphatic rings. The predicted molar refractivity (Wildman–Crippen MR) is 108 cm³/mol. The minimum atomic E-state index is 0.0167. The fourth-order valence-electron chi connectivity index (χ4n) is 3.71. The van der Waals surface area contributed by atoms with Gasteiger partial charge < -0.3 is 14.8 Å². The first-order valence-corrected chi connectivity index (χ1v) is 9.35. The average Bonchev–Trinajstić information content (AvgIpc) is 3.11. The Kier molecular flexibility index (Phi) is 6.01. The average molecular weight is 368 g/mol. The number of likely N-dealkylation sites (tertiary alicyclic amines) is 1. The molecule has 1 N–H and O–H groups in total. The van der Waals surface area contributed by atoms with Crippen LogP contribution in [-0.2, 0) is 4.79 Å². The SMILES string of the molecule is COc1ccc([C@@H]2CCCN2CC(=O)Nc2cc(C)ccc2C)c(OC)c1. The van der Waals surface area contributed by atoms with Gasteiger partial charge >= 0.3 is 0 Å². The van der Waals surface area contributed by atoms with E-state index in [2.05, 4.69) is 16.3 Å². The van der Waals surface area contributed by atoms with Crippen molar-refractivity contribution in [2.45, 2.75) is 32.7 Å². The summed E-state index contributed by atoms with van der Waals surface area (Å²) in [6, 6.07) is 12.2. The van der Waals surface area contributed by atoms with Crippen molar-refractivity contribution >= 4 is 11.6 Å². The molecule has 1 fully saturated rings. The second-order valence-corrected chi connectivity index (χ2v) is 7.10. The van der Waals surface area contributed by atoms with Crippen LogP contribution in [0.1, 0.15) is 35.6 Å². The molecule has 1 atom stereocenters. The number of anilines is 1. The minimum Gasteiger partial charge on any atom is -0.497 e. The number of ether oxygens (including phenoxy) is 2. The zero-order valence-corrected chi connectivity index (χ0v) is 16.5. The molecule has 0 aromatic heterocycles. The Morgan fingerprint density at radius 3 is 2.70 bits per heavy atom. The summed E-state index contributed by atoms with van der Waals surface area (Å²) in [5.41, 5.74) is 4.20. The van der Waals surface area contributed by atoms with Crippen LogP contribution in [0, 0.1) is 13.8 Å². The van der Waals surface area contributed by atoms with Crippen LogP contribution in [0.4, 0.5) is 5.69 Å². The van der Waals surface area contributed by atoms with Crippen molar-refractivity contribution in [3.05, 3.63) is 53.1 Å². The maximum atomic E-state index is 12.7. The third kappa shape index (κ3) is 4.42. The zero-order valence-electron chi connectivity index (χ0n) is 16.5. The maximum Gasteiger partial charge on any atom is 0.238 e. The Labute approximate surface area is 161 Å². The fraction of sp³-hybridized carbons (Fsp3) is 0.409. The molecule has 5 heteroatoms. The van der Waals surface area contributed by atoms with Crippen LogP contribution in [0.5, 0.6) is 11.5 Å². The molecule has 0 aliphatic carbocycles. The van der Waals surface area contributed by atoms with Gasteiger partial charge in [0.1, 0.15) is 11.5 Å². The normalized spacial score (nSPS) is 17.0. The second-order valence-electron chi connectivity index (χ2n) is 7.10. The molecule has 1 heterocycles. The number of nitrogens with one attached hydrogen (secondary N) is 1. The van der Waals surface area contributed by atoms with Gasteiger partial charge in [0.25, 0.3) is 0 Å². The summed E-state index contributed by atoms with van der Waals surface area (Å²) in [7, 11) is 3.32. The van der Waals surface area contributed by atoms with Crippen LogP contribution in [0.3, 0.4) is 0 Å². The van der Waals surface area contributed by atoms with Gasteiger partial charge in [0, 0.05) is 23.4 Å². The molecule has 1 amide bonds. The molecule has 0 saturated carbocycles. The standard InChI is InChI=1S/C22H28N2O3/c1-15-7-8-16(2)19(12-15)23-22(25)14-24-11-5-6-20(24)18-10-9-17(26-3)13-21(18)27-4/h7-10,12-13,20H,5-6,11,14H2,1-4H3,(H,23,25)/t20-/m0/s1. The predicted octanol–water partition coefficient (Wildman–Crippen LogP) is 4.10. The van der Waals surface area contributed by atoms with Crippen LogP contribution >= 0.6 is 0 Å². The highest BCUT2D eigenvalue weighted by atomic mass is 16.5. The molecule has 2 aromatic carbocycles. The summed E-state index contributed by atoms with van der Waals surface area (Å²) in [6.07, 6.45) is 2.08. The van der Waals surface area contributed by atoms with E-state index in [1.165, 1.54) is 0 Å². The van der Waals surface area contributed by atoms with Crippen LogP contribution in [0.2, 0.25) is 0 Å². The summed E-state index contributed by atoms with van der Waals surface area (Å²) in [5, 5.41) is 3.06. The van der Waals surface area contributed by atoms with E-state index in [-0.39, 0.29) is 11.9 Å². The summed E-state index contributed by atoms with van der Waals surface area (Å²) in [6.45, 7) is 5.31. The van der Waals surface area contributed by atoms with E-state index in [1.54, 1.807) is 14.2 Å². The highest BCUT2D eigenvalue weighted by Crippen LogP contribution is 2.38. The third-order valence-electron chi connectivity index (χ3n) is 5.18. The van der Waals surface area contributed by atoms with Gasteiger partial charge in [0.15, 0.2) is 0 Å². The third-order valence-corrected chi connectivity index (χ3v) is 5.18. The second kappa shape index (κ2) is 8.44. The van der Waals surface area contributed by atoms with E-state index in [0.717, 1.165) is 53.3 Å². The van der Waals surface area contributed by atoms with Gasteiger partial charge in [-0.1, -0.05) is 18.2 Å². The van der Waals surface area contributed by atoms with Crippen LogP contribution in [-0.4, -0.2) is 38.1 Å². The maximum absolute atomic E-state index is 12.7. The first-order valence-electron chi connectivity index (χ1n) is 9.35. The summed E-state index contributed by atoms with van der Waals surface area (Å²) in [4.78, 5) is 14.9. The molecule has 0 spiro atoms. The van der Waals surface area contributed by atoms with Gasteiger partial charge in [-0.25, -0.2) is 0 Å². The molecule has 1 saturated heterocycles. The zero-order chi connectivity index (χ0) is 19.4. The first kappa shape index (κ1) is 19.2. The number of hydrogen-bond acceptors (Lipinski definition) is 4. The van der Waals surface area contributed by atoms with Crippen LogP contribution in [0.15, 0.2) is 36.4 Å². The molecule has 27 heavy (non-hydrogen) atoms. The van der Waals surface area contributed by atoms with E-state index in [1.807, 2.05) is 44.2 Å². The Balaban J connectivity index is 1.73. The lowest BCUT2D eigenvalue weighted by Crippen LogP contribution is -2.33. The smallest absolute Gasteiger partial charge is 0.238 e. The van der Waals surface area contributed by atoms with Crippen LogP contribution in [0.25, 0.3) is 0 Å². The molecular weight excluding hydrogens is 340 g/mol. The molecule has 144 valence electrons. The Bertz CT molecular complexity index is 819. The van der Waals surface area contributed by atoms with Crippen molar-refractivity contribution in [2.24, 2.45) is 0 Å². The monoisotopic (exact) mass is 368 g/mol. The molecule has 0 radical (unpaired) electrons. The van der Waals surface area contributed by atoms with E-state index in [9.17, 15) is 4.79 Å². The van der Waals surface area contributed by atoms with Crippen LogP contribution < -0.4 is 14.8 Å². The van der Waals surface area contributed by atoms with Crippen molar-refractivity contribution in [3.8, 4) is 11.5 Å². The Morgan fingerprint density at radius 1 is 1.15 bits per heavy atom. The van der Waals surface area contributed by atoms with Crippen molar-refractivity contribution in [2.75, 3.05) is 32.6 Å². The van der Waals surface area contributed by atoms with E-state index < -0.39 is 0 Å². The molecular formula is C22H28N2O3. The summed E-state index contributed by atoms with van der Waals surface area (Å²) in [5.74, 6) is 1.59. The van der Waals surface area contributed by atoms with Gasteiger partial charge in [0.2, 0.25) is 5.91 Å². The Hall–Kier alpha value is -2.53. The lowest BCUT2D eigenvalue weighted by molar-refractivity contribution is -0.117. The fourth-order valence-corrected chi connectivity index (χ4v) is 3.71. The Morgan fingerprint density at radius 2 is 1.96 bits per heavy atom. The number of amides is 1. The quantitative estimate of drug-likeness (QED) is 0.834. The summed E-state index contributed by atoms with van der Waals surface area (Å²) < 4.78 is 10.9. The highest BCUT2D eigenvalue weighted by Gasteiger charge is 2.30. The van der Waals surface area contributed by atoms with Crippen molar-refractivity contribution in [3.63, 3.8) is 0 Å². The van der Waals surface area contributed by atoms with E-state index in [4.69, 9.17) is 9.47 Å². The molecule has 3 rings (SSSR count). The van der Waals surface area contributed by atoms with Crippen molar-refractivity contribution in [1.82, 2.24) is 4.90 Å². The van der Waals surface area contributed by atoms with Gasteiger partial charge in [-0.3, -0.25) is 9.69 Å². The topological polar surface area (TPSA) is 50.8 Å². The lowest BCUT2D eigenvalue weighted by atomic mass is 10.0. The molecule has 1 aliphatic heterocycles. The molecule has 2 aromatic rings. The number of carbonyl (C=O) groups is 1. The number of methoxy groups -OCH3 is 2. The summed E-state index contributed by atoms with van der Waals surface area (Å²) >= 11 is 0. The van der Waals surface area contributed by atoms with E-state index in [0.29, 0.717) is 6.54 Å². The molecule has 0 bridgehead atoms. The van der Waals surface area contributed by atoms with E-state index >= 15 is 0 Å². The van der Waals surface area contributed by atoms with Gasteiger partial charge in [-0.2, -0.15) is 0 Å². The largest absolute Gasteiger partial charge is 0.497 e. The molecule has 5 nitrogen and oxygen atoms in total. The van der Waals surface area contributed by atoms with Gasteiger partial charge in [-0.05, 0) is 56.5 Å². The number of rotatable bonds is 6. The lowest BCUT2D eigenvalue weighted by Gasteiger charge is -2.26. The molecule has 0 unspecified atom stereocenters. The van der Waals surface area contributed by atoms with Gasteiger partial charge in [0.05, 0.1) is 20.8 Å². The number of benzene rings is 2. The van der Waals surface area contributed by atoms with Crippen molar-refractivity contribution in [1.29, 1.82) is 0 Å². The van der Waals surface area contributed by atoms with Crippen molar-refractivity contribution < 1.29 is 14.3 Å². The van der Waals surface area contributed by atoms with Gasteiger partial charge in [-0.15, -0.1) is 0 Å². The minimum absolute atomic E-state index is 0.0167. The highest BCUT2D eigenvalue weighted by molar-refractivity contribution is 5.93. The number of nitrogens with zero attached hydrogens (tertiary/aromatic N) is 1. The first-order chi connectivity index (χ1) is 13.0.